The molecule has 1 aromatic carbocycles. The molecule has 0 aliphatic heterocycles. The minimum atomic E-state index is -0.684. The second-order valence-electron chi connectivity index (χ2n) is 5.42. The van der Waals surface area contributed by atoms with E-state index in [0.717, 1.165) is 10.5 Å². The van der Waals surface area contributed by atoms with E-state index < -0.39 is 11.8 Å². The van der Waals surface area contributed by atoms with Gasteiger partial charge in [-0.15, -0.1) is 11.8 Å². The van der Waals surface area contributed by atoms with Crippen LogP contribution in [0.1, 0.15) is 11.6 Å². The zero-order valence-corrected chi connectivity index (χ0v) is 15.7. The van der Waals surface area contributed by atoms with Crippen molar-refractivity contribution in [3.63, 3.8) is 0 Å². The number of benzene rings is 1. The lowest BCUT2D eigenvalue weighted by molar-refractivity contribution is -0.136. The van der Waals surface area contributed by atoms with Crippen LogP contribution in [0.15, 0.2) is 64.4 Å². The number of nitrogens with zero attached hydrogens (tertiary/aromatic N) is 2. The third kappa shape index (κ3) is 4.33. The fourth-order valence-corrected chi connectivity index (χ4v) is 3.75. The van der Waals surface area contributed by atoms with Crippen molar-refractivity contribution in [2.24, 2.45) is 0 Å². The SMILES string of the molecule is CSc1ccccc1NC(=O)C(=O)NC[C@H](c1ccsc1)n1cccn1. The van der Waals surface area contributed by atoms with Crippen molar-refractivity contribution in [1.82, 2.24) is 15.1 Å². The van der Waals surface area contributed by atoms with E-state index in [-0.39, 0.29) is 12.6 Å². The monoisotopic (exact) mass is 386 g/mol. The summed E-state index contributed by atoms with van der Waals surface area (Å²) in [6, 6.07) is 11.0. The van der Waals surface area contributed by atoms with Crippen LogP contribution in [0.5, 0.6) is 0 Å². The zero-order valence-electron chi connectivity index (χ0n) is 14.1. The number of thiophene rings is 1. The van der Waals surface area contributed by atoms with E-state index in [9.17, 15) is 9.59 Å². The molecule has 2 aromatic heterocycles. The molecule has 2 N–H and O–H groups in total. The number of amides is 2. The highest BCUT2D eigenvalue weighted by atomic mass is 32.2. The number of carbonyl (C=O) groups excluding carboxylic acids is 2. The zero-order chi connectivity index (χ0) is 18.4. The predicted molar refractivity (Wildman–Crippen MR) is 105 cm³/mol. The van der Waals surface area contributed by atoms with Gasteiger partial charge >= 0.3 is 11.8 Å². The smallest absolute Gasteiger partial charge is 0.313 e. The molecular formula is C18H18N4O2S2. The molecule has 0 fully saturated rings. The van der Waals surface area contributed by atoms with Crippen LogP contribution in [0.25, 0.3) is 0 Å². The first-order valence-corrected chi connectivity index (χ1v) is 10.1. The second-order valence-corrected chi connectivity index (χ2v) is 7.05. The van der Waals surface area contributed by atoms with Crippen LogP contribution in [0.4, 0.5) is 5.69 Å². The molecule has 0 aliphatic rings. The third-order valence-electron chi connectivity index (χ3n) is 3.79. The van der Waals surface area contributed by atoms with Gasteiger partial charge in [-0.3, -0.25) is 14.3 Å². The largest absolute Gasteiger partial charge is 0.345 e. The lowest BCUT2D eigenvalue weighted by Crippen LogP contribution is -2.39. The molecule has 0 aliphatic carbocycles. The molecule has 26 heavy (non-hydrogen) atoms. The maximum Gasteiger partial charge on any atom is 0.313 e. The molecule has 0 spiro atoms. The van der Waals surface area contributed by atoms with Gasteiger partial charge in [0.15, 0.2) is 0 Å². The van der Waals surface area contributed by atoms with Crippen molar-refractivity contribution in [1.29, 1.82) is 0 Å². The Morgan fingerprint density at radius 2 is 2.08 bits per heavy atom. The van der Waals surface area contributed by atoms with Gasteiger partial charge in [0.2, 0.25) is 0 Å². The Morgan fingerprint density at radius 3 is 2.77 bits per heavy atom. The Balaban J connectivity index is 1.64. The average molecular weight is 387 g/mol. The fraction of sp³-hybridized carbons (Fsp3) is 0.167. The van der Waals surface area contributed by atoms with Crippen LogP contribution in [-0.4, -0.2) is 34.4 Å². The topological polar surface area (TPSA) is 76.0 Å². The highest BCUT2D eigenvalue weighted by Crippen LogP contribution is 2.24. The number of thioether (sulfide) groups is 1. The first kappa shape index (κ1) is 18.2. The fourth-order valence-electron chi connectivity index (χ4n) is 2.49. The summed E-state index contributed by atoms with van der Waals surface area (Å²) in [7, 11) is 0. The molecule has 8 heteroatoms. The molecule has 134 valence electrons. The second kappa shape index (κ2) is 8.68. The van der Waals surface area contributed by atoms with Crippen LogP contribution in [0, 0.1) is 0 Å². The van der Waals surface area contributed by atoms with E-state index in [2.05, 4.69) is 15.7 Å². The molecular weight excluding hydrogens is 368 g/mol. The van der Waals surface area contributed by atoms with Gasteiger partial charge in [0.1, 0.15) is 0 Å². The normalized spacial score (nSPS) is 11.7. The summed E-state index contributed by atoms with van der Waals surface area (Å²) in [5.41, 5.74) is 1.66. The molecule has 0 unspecified atom stereocenters. The van der Waals surface area contributed by atoms with E-state index >= 15 is 0 Å². The van der Waals surface area contributed by atoms with Gasteiger partial charge in [0.25, 0.3) is 0 Å². The maximum absolute atomic E-state index is 12.2. The Morgan fingerprint density at radius 1 is 1.23 bits per heavy atom. The van der Waals surface area contributed by atoms with E-state index in [0.29, 0.717) is 5.69 Å². The van der Waals surface area contributed by atoms with Crippen LogP contribution >= 0.6 is 23.1 Å². The lowest BCUT2D eigenvalue weighted by atomic mass is 10.1. The van der Waals surface area contributed by atoms with Gasteiger partial charge in [0.05, 0.1) is 11.7 Å². The Labute approximate surface area is 159 Å². The molecule has 3 rings (SSSR count). The maximum atomic E-state index is 12.2. The first-order chi connectivity index (χ1) is 12.7. The molecule has 2 amide bonds. The number of para-hydroxylation sites is 1. The molecule has 1 atom stereocenters. The number of rotatable bonds is 6. The van der Waals surface area contributed by atoms with Gasteiger partial charge in [-0.05, 0) is 46.8 Å². The van der Waals surface area contributed by atoms with Crippen molar-refractivity contribution < 1.29 is 9.59 Å². The van der Waals surface area contributed by atoms with Gasteiger partial charge in [-0.25, -0.2) is 0 Å². The summed E-state index contributed by atoms with van der Waals surface area (Å²) >= 11 is 3.08. The highest BCUT2D eigenvalue weighted by molar-refractivity contribution is 7.98. The van der Waals surface area contributed by atoms with E-state index in [1.807, 2.05) is 53.5 Å². The molecule has 3 aromatic rings. The number of hydrogen-bond acceptors (Lipinski definition) is 5. The van der Waals surface area contributed by atoms with Crippen LogP contribution < -0.4 is 10.6 Å². The summed E-state index contributed by atoms with van der Waals surface area (Å²) in [6.45, 7) is 0.273. The summed E-state index contributed by atoms with van der Waals surface area (Å²) in [6.07, 6.45) is 5.44. The molecule has 0 saturated carbocycles. The highest BCUT2D eigenvalue weighted by Gasteiger charge is 2.19. The molecule has 0 bridgehead atoms. The summed E-state index contributed by atoms with van der Waals surface area (Å²) < 4.78 is 1.77. The third-order valence-corrected chi connectivity index (χ3v) is 5.29. The molecule has 0 radical (unpaired) electrons. The van der Waals surface area contributed by atoms with Gasteiger partial charge in [-0.2, -0.15) is 16.4 Å². The van der Waals surface area contributed by atoms with Crippen molar-refractivity contribution in [2.75, 3.05) is 18.1 Å². The molecule has 2 heterocycles. The number of carbonyl (C=O) groups is 2. The van der Waals surface area contributed by atoms with Crippen molar-refractivity contribution >= 4 is 40.6 Å². The summed E-state index contributed by atoms with van der Waals surface area (Å²) in [5.74, 6) is -1.36. The summed E-state index contributed by atoms with van der Waals surface area (Å²) in [4.78, 5) is 25.4. The lowest BCUT2D eigenvalue weighted by Gasteiger charge is -2.17. The van der Waals surface area contributed by atoms with Gasteiger partial charge in [-0.1, -0.05) is 12.1 Å². The first-order valence-electron chi connectivity index (χ1n) is 7.92. The minimum absolute atomic E-state index is 0.161. The number of nitrogens with one attached hydrogen (secondary N) is 2. The van der Waals surface area contributed by atoms with Crippen molar-refractivity contribution in [3.05, 3.63) is 65.1 Å². The Hall–Kier alpha value is -2.58. The number of hydrogen-bond donors (Lipinski definition) is 2. The van der Waals surface area contributed by atoms with Crippen LogP contribution in [-0.2, 0) is 9.59 Å². The summed E-state index contributed by atoms with van der Waals surface area (Å²) in [5, 5.41) is 13.6. The molecule has 0 saturated heterocycles. The average Bonchev–Trinajstić information content (AvgIpc) is 3.36. The minimum Gasteiger partial charge on any atom is -0.345 e. The predicted octanol–water partition coefficient (Wildman–Crippen LogP) is 3.01. The van der Waals surface area contributed by atoms with Crippen molar-refractivity contribution in [2.45, 2.75) is 10.9 Å². The van der Waals surface area contributed by atoms with Crippen LogP contribution in [0.3, 0.4) is 0 Å². The Kier molecular flexibility index (Phi) is 6.08. The molecule has 6 nitrogen and oxygen atoms in total. The quantitative estimate of drug-likeness (QED) is 0.504. The Bertz CT molecular complexity index is 829. The number of aromatic nitrogens is 2. The van der Waals surface area contributed by atoms with Gasteiger partial charge < -0.3 is 10.6 Å². The van der Waals surface area contributed by atoms with Gasteiger partial charge in [0, 0.05) is 23.8 Å². The van der Waals surface area contributed by atoms with E-state index in [1.54, 1.807) is 28.3 Å². The number of anilines is 1. The van der Waals surface area contributed by atoms with E-state index in [4.69, 9.17) is 0 Å². The van der Waals surface area contributed by atoms with Crippen LogP contribution in [0.2, 0.25) is 0 Å². The van der Waals surface area contributed by atoms with E-state index in [1.165, 1.54) is 11.8 Å². The standard InChI is InChI=1S/C18H18N4O2S2/c1-25-16-6-3-2-5-14(16)21-18(24)17(23)19-11-15(13-7-10-26-12-13)22-9-4-8-20-22/h2-10,12,15H,11H2,1H3,(H,19,23)(H,21,24)/t15-/m1/s1. The van der Waals surface area contributed by atoms with Crippen molar-refractivity contribution in [3.8, 4) is 0 Å².